The maximum absolute atomic E-state index is 12.6. The van der Waals surface area contributed by atoms with Crippen LogP contribution in [0, 0.1) is 5.92 Å². The Bertz CT molecular complexity index is 525. The summed E-state index contributed by atoms with van der Waals surface area (Å²) in [5.74, 6) is -1.04. The Hall–Kier alpha value is -1.66. The number of carbonyl (C=O) groups excluding carboxylic acids is 2. The highest BCUT2D eigenvalue weighted by molar-refractivity contribution is 6.30. The van der Waals surface area contributed by atoms with Gasteiger partial charge in [0.1, 0.15) is 5.69 Å². The number of nitrogens with zero attached hydrogens (tertiary/aromatic N) is 2. The van der Waals surface area contributed by atoms with Crippen molar-refractivity contribution >= 4 is 23.5 Å². The molecule has 0 saturated carbocycles. The standard InChI is InChI=1S/C16H23ClN2O4/c1-4-23-9-5-8-19(11-12(2)16(21)22-3)15(20)14-10-13(17)6-7-18-14/h6-7,10,12H,4-5,8-9,11H2,1-3H3/t12-/m1/s1. The van der Waals surface area contributed by atoms with E-state index >= 15 is 0 Å². The van der Waals surface area contributed by atoms with Crippen LogP contribution in [-0.4, -0.2) is 55.2 Å². The van der Waals surface area contributed by atoms with Gasteiger partial charge in [0.25, 0.3) is 5.91 Å². The maximum Gasteiger partial charge on any atom is 0.310 e. The molecule has 1 heterocycles. The maximum atomic E-state index is 12.6. The third-order valence-corrected chi connectivity index (χ3v) is 3.48. The quantitative estimate of drug-likeness (QED) is 0.509. The van der Waals surface area contributed by atoms with Crippen molar-refractivity contribution in [2.24, 2.45) is 5.92 Å². The van der Waals surface area contributed by atoms with Crippen LogP contribution < -0.4 is 0 Å². The second-order valence-electron chi connectivity index (χ2n) is 5.09. The average molecular weight is 343 g/mol. The van der Waals surface area contributed by atoms with Crippen molar-refractivity contribution in [2.45, 2.75) is 20.3 Å². The topological polar surface area (TPSA) is 68.7 Å². The summed E-state index contributed by atoms with van der Waals surface area (Å²) in [6.45, 7) is 5.54. The molecular weight excluding hydrogens is 320 g/mol. The van der Waals surface area contributed by atoms with E-state index in [0.29, 0.717) is 31.2 Å². The van der Waals surface area contributed by atoms with Gasteiger partial charge in [-0.3, -0.25) is 14.6 Å². The van der Waals surface area contributed by atoms with Gasteiger partial charge in [0.05, 0.1) is 13.0 Å². The lowest BCUT2D eigenvalue weighted by Crippen LogP contribution is -2.38. The Balaban J connectivity index is 2.80. The molecule has 1 rings (SSSR count). The van der Waals surface area contributed by atoms with E-state index in [0.717, 1.165) is 0 Å². The normalized spacial score (nSPS) is 11.8. The van der Waals surface area contributed by atoms with Crippen molar-refractivity contribution in [1.29, 1.82) is 0 Å². The van der Waals surface area contributed by atoms with Gasteiger partial charge in [0, 0.05) is 37.5 Å². The molecule has 0 aliphatic heterocycles. The average Bonchev–Trinajstić information content (AvgIpc) is 2.56. The number of halogens is 1. The van der Waals surface area contributed by atoms with Crippen molar-refractivity contribution in [3.8, 4) is 0 Å². The molecule has 0 bridgehead atoms. The Morgan fingerprint density at radius 3 is 2.78 bits per heavy atom. The molecule has 0 aliphatic rings. The van der Waals surface area contributed by atoms with Gasteiger partial charge < -0.3 is 14.4 Å². The van der Waals surface area contributed by atoms with Gasteiger partial charge in [-0.25, -0.2) is 0 Å². The highest BCUT2D eigenvalue weighted by Gasteiger charge is 2.23. The molecule has 0 aromatic carbocycles. The lowest BCUT2D eigenvalue weighted by atomic mass is 10.1. The summed E-state index contributed by atoms with van der Waals surface area (Å²) in [6.07, 6.45) is 2.16. The van der Waals surface area contributed by atoms with Crippen LogP contribution in [0.3, 0.4) is 0 Å². The van der Waals surface area contributed by atoms with Crippen LogP contribution in [0.2, 0.25) is 5.02 Å². The van der Waals surface area contributed by atoms with Crippen LogP contribution in [0.4, 0.5) is 0 Å². The molecule has 128 valence electrons. The van der Waals surface area contributed by atoms with Gasteiger partial charge in [-0.1, -0.05) is 18.5 Å². The first-order valence-electron chi connectivity index (χ1n) is 7.56. The van der Waals surface area contributed by atoms with Crippen LogP contribution in [-0.2, 0) is 14.3 Å². The lowest BCUT2D eigenvalue weighted by molar-refractivity contribution is -0.145. The number of aromatic nitrogens is 1. The van der Waals surface area contributed by atoms with Gasteiger partial charge in [-0.15, -0.1) is 0 Å². The smallest absolute Gasteiger partial charge is 0.310 e. The van der Waals surface area contributed by atoms with E-state index in [1.165, 1.54) is 19.4 Å². The van der Waals surface area contributed by atoms with E-state index in [4.69, 9.17) is 21.1 Å². The fourth-order valence-corrected chi connectivity index (χ4v) is 2.23. The first-order chi connectivity index (χ1) is 11.0. The molecule has 6 nitrogen and oxygen atoms in total. The SMILES string of the molecule is CCOCCCN(C[C@@H](C)C(=O)OC)C(=O)c1cc(Cl)ccn1. The minimum absolute atomic E-state index is 0.256. The molecule has 0 radical (unpaired) electrons. The number of carbonyl (C=O) groups is 2. The van der Waals surface area contributed by atoms with E-state index in [-0.39, 0.29) is 24.1 Å². The minimum atomic E-state index is -0.421. The van der Waals surface area contributed by atoms with Crippen LogP contribution in [0.15, 0.2) is 18.3 Å². The highest BCUT2D eigenvalue weighted by Crippen LogP contribution is 2.12. The molecule has 23 heavy (non-hydrogen) atoms. The van der Waals surface area contributed by atoms with E-state index in [1.807, 2.05) is 6.92 Å². The summed E-state index contributed by atoms with van der Waals surface area (Å²) >= 11 is 5.91. The second kappa shape index (κ2) is 10.2. The molecule has 7 heteroatoms. The first kappa shape index (κ1) is 19.4. The van der Waals surface area contributed by atoms with Gasteiger partial charge in [-0.2, -0.15) is 0 Å². The Labute approximate surface area is 141 Å². The predicted molar refractivity (Wildman–Crippen MR) is 87.4 cm³/mol. The highest BCUT2D eigenvalue weighted by atomic mass is 35.5. The molecular formula is C16H23ClN2O4. The monoisotopic (exact) mass is 342 g/mol. The van der Waals surface area contributed by atoms with Crippen LogP contribution in [0.1, 0.15) is 30.8 Å². The zero-order valence-electron chi connectivity index (χ0n) is 13.8. The molecule has 1 aromatic rings. The summed E-state index contributed by atoms with van der Waals surface area (Å²) in [7, 11) is 1.33. The van der Waals surface area contributed by atoms with Crippen molar-refractivity contribution in [3.05, 3.63) is 29.0 Å². The van der Waals surface area contributed by atoms with E-state index < -0.39 is 5.92 Å². The number of rotatable bonds is 9. The van der Waals surface area contributed by atoms with Crippen LogP contribution in [0.25, 0.3) is 0 Å². The second-order valence-corrected chi connectivity index (χ2v) is 5.52. The van der Waals surface area contributed by atoms with Crippen molar-refractivity contribution < 1.29 is 19.1 Å². The largest absolute Gasteiger partial charge is 0.469 e. The van der Waals surface area contributed by atoms with Crippen molar-refractivity contribution in [3.63, 3.8) is 0 Å². The summed E-state index contributed by atoms with van der Waals surface area (Å²) in [5.41, 5.74) is 0.256. The molecule has 0 spiro atoms. The van der Waals surface area contributed by atoms with Crippen LogP contribution in [0.5, 0.6) is 0 Å². The Kier molecular flexibility index (Phi) is 8.58. The number of pyridine rings is 1. The lowest BCUT2D eigenvalue weighted by Gasteiger charge is -2.24. The zero-order valence-corrected chi connectivity index (χ0v) is 14.5. The molecule has 1 amide bonds. The van der Waals surface area contributed by atoms with Crippen molar-refractivity contribution in [2.75, 3.05) is 33.4 Å². The van der Waals surface area contributed by atoms with Gasteiger partial charge in [-0.05, 0) is 25.5 Å². The predicted octanol–water partition coefficient (Wildman–Crippen LogP) is 2.41. The fourth-order valence-electron chi connectivity index (χ4n) is 2.07. The van der Waals surface area contributed by atoms with Gasteiger partial charge in [0.15, 0.2) is 0 Å². The Morgan fingerprint density at radius 2 is 2.17 bits per heavy atom. The number of hydrogen-bond donors (Lipinski definition) is 0. The minimum Gasteiger partial charge on any atom is -0.469 e. The van der Waals surface area contributed by atoms with Gasteiger partial charge >= 0.3 is 5.97 Å². The number of methoxy groups -OCH3 is 1. The molecule has 0 saturated heterocycles. The van der Waals surface area contributed by atoms with E-state index in [1.54, 1.807) is 17.9 Å². The number of esters is 1. The van der Waals surface area contributed by atoms with E-state index in [2.05, 4.69) is 4.98 Å². The fraction of sp³-hybridized carbons (Fsp3) is 0.562. The van der Waals surface area contributed by atoms with E-state index in [9.17, 15) is 9.59 Å². The first-order valence-corrected chi connectivity index (χ1v) is 7.93. The van der Waals surface area contributed by atoms with Crippen LogP contribution >= 0.6 is 11.6 Å². The number of ether oxygens (including phenoxy) is 2. The van der Waals surface area contributed by atoms with Gasteiger partial charge in [0.2, 0.25) is 0 Å². The summed E-state index contributed by atoms with van der Waals surface area (Å²) in [6, 6.07) is 3.12. The molecule has 1 atom stereocenters. The molecule has 0 aliphatic carbocycles. The van der Waals surface area contributed by atoms with Crippen molar-refractivity contribution in [1.82, 2.24) is 9.88 Å². The third kappa shape index (κ3) is 6.54. The summed E-state index contributed by atoms with van der Waals surface area (Å²) < 4.78 is 10.0. The Morgan fingerprint density at radius 1 is 1.43 bits per heavy atom. The summed E-state index contributed by atoms with van der Waals surface area (Å²) in [5, 5.41) is 0.443. The number of hydrogen-bond acceptors (Lipinski definition) is 5. The molecule has 0 unspecified atom stereocenters. The zero-order chi connectivity index (χ0) is 17.2. The third-order valence-electron chi connectivity index (χ3n) is 3.25. The number of amides is 1. The molecule has 0 fully saturated rings. The summed E-state index contributed by atoms with van der Waals surface area (Å²) in [4.78, 5) is 29.9. The molecule has 1 aromatic heterocycles. The molecule has 0 N–H and O–H groups in total.